The van der Waals surface area contributed by atoms with Crippen LogP contribution in [0.3, 0.4) is 0 Å². The highest BCUT2D eigenvalue weighted by molar-refractivity contribution is 6.31. The van der Waals surface area contributed by atoms with Gasteiger partial charge in [0.05, 0.1) is 0 Å². The summed E-state index contributed by atoms with van der Waals surface area (Å²) >= 11 is 12.3. The fraction of sp³-hybridized carbons (Fsp3) is 0.368. The third kappa shape index (κ3) is 5.42. The molecule has 0 heterocycles. The second-order valence-electron chi connectivity index (χ2n) is 6.22. The Morgan fingerprint density at radius 1 is 1.04 bits per heavy atom. The molecule has 0 atom stereocenters. The standard InChI is InChI=1S/C19H23Cl2NO/c1-4-19(2,3)22-12-15-11-16(20)9-10-18(15)23-13-14-7-5-6-8-17(14)21/h5-11,22H,4,12-13H2,1-3H3. The van der Waals surface area contributed by atoms with Gasteiger partial charge in [0.25, 0.3) is 0 Å². The lowest BCUT2D eigenvalue weighted by Crippen LogP contribution is -2.37. The highest BCUT2D eigenvalue weighted by Gasteiger charge is 2.15. The first-order valence-electron chi connectivity index (χ1n) is 7.81. The van der Waals surface area contributed by atoms with Crippen LogP contribution < -0.4 is 10.1 Å². The molecule has 0 radical (unpaired) electrons. The molecule has 0 bridgehead atoms. The Hall–Kier alpha value is -1.22. The molecule has 0 aromatic heterocycles. The number of hydrogen-bond acceptors (Lipinski definition) is 2. The van der Waals surface area contributed by atoms with Crippen LogP contribution >= 0.6 is 23.2 Å². The predicted octanol–water partition coefficient (Wildman–Crippen LogP) is 5.85. The van der Waals surface area contributed by atoms with E-state index in [9.17, 15) is 0 Å². The lowest BCUT2D eigenvalue weighted by atomic mass is 10.0. The summed E-state index contributed by atoms with van der Waals surface area (Å²) in [6.07, 6.45) is 1.05. The van der Waals surface area contributed by atoms with E-state index in [1.807, 2.05) is 42.5 Å². The summed E-state index contributed by atoms with van der Waals surface area (Å²) in [5, 5.41) is 4.96. The van der Waals surface area contributed by atoms with Crippen molar-refractivity contribution in [3.8, 4) is 5.75 Å². The molecule has 0 amide bonds. The van der Waals surface area contributed by atoms with E-state index in [0.717, 1.165) is 23.3 Å². The zero-order valence-electron chi connectivity index (χ0n) is 13.8. The molecular formula is C19H23Cl2NO. The molecule has 0 unspecified atom stereocenters. The summed E-state index contributed by atoms with van der Waals surface area (Å²) in [7, 11) is 0. The first kappa shape index (κ1) is 18.1. The van der Waals surface area contributed by atoms with Crippen molar-refractivity contribution in [3.63, 3.8) is 0 Å². The number of hydrogen-bond donors (Lipinski definition) is 1. The average Bonchev–Trinajstić information content (AvgIpc) is 2.53. The normalized spacial score (nSPS) is 11.5. The Bertz CT molecular complexity index is 656. The molecule has 2 aromatic rings. The van der Waals surface area contributed by atoms with E-state index in [1.165, 1.54) is 0 Å². The monoisotopic (exact) mass is 351 g/mol. The van der Waals surface area contributed by atoms with Crippen molar-refractivity contribution in [1.82, 2.24) is 5.32 Å². The quantitative estimate of drug-likeness (QED) is 0.675. The lowest BCUT2D eigenvalue weighted by Gasteiger charge is -2.25. The Morgan fingerprint density at radius 2 is 1.78 bits per heavy atom. The van der Waals surface area contributed by atoms with E-state index < -0.39 is 0 Å². The largest absolute Gasteiger partial charge is 0.489 e. The van der Waals surface area contributed by atoms with Crippen LogP contribution in [0.25, 0.3) is 0 Å². The van der Waals surface area contributed by atoms with Crippen LogP contribution in [0.4, 0.5) is 0 Å². The van der Waals surface area contributed by atoms with Gasteiger partial charge >= 0.3 is 0 Å². The van der Waals surface area contributed by atoms with Gasteiger partial charge in [-0.3, -0.25) is 0 Å². The summed E-state index contributed by atoms with van der Waals surface area (Å²) in [6, 6.07) is 13.4. The first-order valence-corrected chi connectivity index (χ1v) is 8.56. The summed E-state index contributed by atoms with van der Waals surface area (Å²) < 4.78 is 5.97. The second kappa shape index (κ2) is 8.05. The van der Waals surface area contributed by atoms with Crippen molar-refractivity contribution in [3.05, 3.63) is 63.6 Å². The van der Waals surface area contributed by atoms with E-state index in [0.29, 0.717) is 23.2 Å². The first-order chi connectivity index (χ1) is 10.9. The van der Waals surface area contributed by atoms with Gasteiger partial charge in [-0.1, -0.05) is 48.3 Å². The predicted molar refractivity (Wildman–Crippen MR) is 98.4 cm³/mol. The maximum atomic E-state index is 6.18. The van der Waals surface area contributed by atoms with Gasteiger partial charge in [-0.15, -0.1) is 0 Å². The van der Waals surface area contributed by atoms with Crippen molar-refractivity contribution < 1.29 is 4.74 Å². The van der Waals surface area contributed by atoms with Crippen LogP contribution in [0.2, 0.25) is 10.0 Å². The van der Waals surface area contributed by atoms with E-state index in [4.69, 9.17) is 27.9 Å². The molecular weight excluding hydrogens is 329 g/mol. The zero-order chi connectivity index (χ0) is 16.9. The van der Waals surface area contributed by atoms with Crippen LogP contribution in [0.5, 0.6) is 5.75 Å². The van der Waals surface area contributed by atoms with E-state index in [2.05, 4.69) is 26.1 Å². The smallest absolute Gasteiger partial charge is 0.124 e. The molecule has 2 nitrogen and oxygen atoms in total. The number of benzene rings is 2. The van der Waals surface area contributed by atoms with Crippen molar-refractivity contribution in [2.45, 2.75) is 45.9 Å². The second-order valence-corrected chi connectivity index (χ2v) is 7.07. The molecule has 124 valence electrons. The SMILES string of the molecule is CCC(C)(C)NCc1cc(Cl)ccc1OCc1ccccc1Cl. The summed E-state index contributed by atoms with van der Waals surface area (Å²) in [5.41, 5.74) is 2.09. The number of halogens is 2. The average molecular weight is 352 g/mol. The molecule has 0 aliphatic rings. The van der Waals surface area contributed by atoms with Gasteiger partial charge in [0, 0.05) is 33.3 Å². The van der Waals surface area contributed by atoms with Crippen LogP contribution in [0.1, 0.15) is 38.3 Å². The van der Waals surface area contributed by atoms with Gasteiger partial charge in [0.15, 0.2) is 0 Å². The Balaban J connectivity index is 2.10. The fourth-order valence-corrected chi connectivity index (χ4v) is 2.44. The highest BCUT2D eigenvalue weighted by Crippen LogP contribution is 2.26. The van der Waals surface area contributed by atoms with Gasteiger partial charge < -0.3 is 10.1 Å². The summed E-state index contributed by atoms with van der Waals surface area (Å²) in [6.45, 7) is 7.67. The van der Waals surface area contributed by atoms with E-state index in [1.54, 1.807) is 0 Å². The minimum atomic E-state index is 0.0718. The van der Waals surface area contributed by atoms with Crippen LogP contribution in [0.15, 0.2) is 42.5 Å². The van der Waals surface area contributed by atoms with Crippen molar-refractivity contribution in [2.75, 3.05) is 0 Å². The number of rotatable bonds is 7. The molecule has 2 aromatic carbocycles. The molecule has 0 saturated heterocycles. The third-order valence-electron chi connectivity index (χ3n) is 4.00. The summed E-state index contributed by atoms with van der Waals surface area (Å²) in [4.78, 5) is 0. The summed E-state index contributed by atoms with van der Waals surface area (Å²) in [5.74, 6) is 0.828. The van der Waals surface area contributed by atoms with E-state index >= 15 is 0 Å². The van der Waals surface area contributed by atoms with Crippen molar-refractivity contribution in [1.29, 1.82) is 0 Å². The third-order valence-corrected chi connectivity index (χ3v) is 4.61. The van der Waals surface area contributed by atoms with Crippen LogP contribution in [-0.4, -0.2) is 5.54 Å². The molecule has 23 heavy (non-hydrogen) atoms. The topological polar surface area (TPSA) is 21.3 Å². The van der Waals surface area contributed by atoms with Gasteiger partial charge in [0.2, 0.25) is 0 Å². The minimum Gasteiger partial charge on any atom is -0.489 e. The Labute approximate surface area is 148 Å². The van der Waals surface area contributed by atoms with Gasteiger partial charge in [-0.2, -0.15) is 0 Å². The lowest BCUT2D eigenvalue weighted by molar-refractivity contribution is 0.298. The molecule has 0 fully saturated rings. The molecule has 0 aliphatic carbocycles. The molecule has 1 N–H and O–H groups in total. The van der Waals surface area contributed by atoms with Gasteiger partial charge in [-0.25, -0.2) is 0 Å². The molecule has 0 saturated carbocycles. The minimum absolute atomic E-state index is 0.0718. The van der Waals surface area contributed by atoms with Crippen LogP contribution in [-0.2, 0) is 13.2 Å². The van der Waals surface area contributed by atoms with Crippen LogP contribution in [0, 0.1) is 0 Å². The fourth-order valence-electron chi connectivity index (χ4n) is 2.06. The maximum absolute atomic E-state index is 6.18. The van der Waals surface area contributed by atoms with Gasteiger partial charge in [0.1, 0.15) is 12.4 Å². The van der Waals surface area contributed by atoms with Crippen molar-refractivity contribution >= 4 is 23.2 Å². The zero-order valence-corrected chi connectivity index (χ0v) is 15.3. The van der Waals surface area contributed by atoms with E-state index in [-0.39, 0.29) is 5.54 Å². The molecule has 0 spiro atoms. The number of nitrogens with one attached hydrogen (secondary N) is 1. The molecule has 2 rings (SSSR count). The highest BCUT2D eigenvalue weighted by atomic mass is 35.5. The molecule has 4 heteroatoms. The van der Waals surface area contributed by atoms with Gasteiger partial charge in [-0.05, 0) is 44.5 Å². The maximum Gasteiger partial charge on any atom is 0.124 e. The molecule has 0 aliphatic heterocycles. The number of ether oxygens (including phenoxy) is 1. The Kier molecular flexibility index (Phi) is 6.34. The Morgan fingerprint density at radius 3 is 2.48 bits per heavy atom. The van der Waals surface area contributed by atoms with Crippen molar-refractivity contribution in [2.24, 2.45) is 0 Å².